The lowest BCUT2D eigenvalue weighted by atomic mass is 10.0. The normalized spacial score (nSPS) is 18.3. The molecule has 0 aliphatic carbocycles. The summed E-state index contributed by atoms with van der Waals surface area (Å²) >= 11 is 0. The maximum Gasteiger partial charge on any atom is 0.432 e. The number of carbonyl (C=O) groups is 5. The van der Waals surface area contributed by atoms with Crippen molar-refractivity contribution in [1.82, 2.24) is 20.2 Å². The van der Waals surface area contributed by atoms with E-state index in [1.54, 1.807) is 78.0 Å². The van der Waals surface area contributed by atoms with E-state index in [-0.39, 0.29) is 41.4 Å². The molecule has 258 valence electrons. The van der Waals surface area contributed by atoms with Gasteiger partial charge in [-0.25, -0.2) is 14.6 Å². The number of nitrogens with two attached hydrogens (primary N) is 1. The molecule has 0 saturated carbocycles. The standard InChI is InChI=1S/C35H45N5O8/c1-20(2)18-25(37-28(41)23-15-14-22(19-24(23)36)32(45)47-34(3,4)5)30(43)39-26-16-17-38(29(42)21-12-10-9-11-13-21)27(26)31(44)40(39)33(46)48-35(6,7)8/h9-16,19-20,25,27,31,44H,17-18,36H2,1-8H3,(H,37,41)/t25-,27+,31?/m0/s1. The van der Waals surface area contributed by atoms with Crippen LogP contribution >= 0.6 is 0 Å². The maximum absolute atomic E-state index is 14.4. The zero-order valence-electron chi connectivity index (χ0n) is 28.6. The number of ether oxygens (including phenoxy) is 2. The maximum atomic E-state index is 14.4. The summed E-state index contributed by atoms with van der Waals surface area (Å²) in [4.78, 5) is 69.0. The summed E-state index contributed by atoms with van der Waals surface area (Å²) in [6.07, 6.45) is -0.933. The summed E-state index contributed by atoms with van der Waals surface area (Å²) in [7, 11) is 0. The van der Waals surface area contributed by atoms with Gasteiger partial charge in [0.25, 0.3) is 17.7 Å². The van der Waals surface area contributed by atoms with E-state index in [9.17, 15) is 29.1 Å². The van der Waals surface area contributed by atoms with Gasteiger partial charge in [-0.1, -0.05) is 32.0 Å². The van der Waals surface area contributed by atoms with Gasteiger partial charge in [-0.15, -0.1) is 0 Å². The second-order valence-electron chi connectivity index (χ2n) is 14.2. The van der Waals surface area contributed by atoms with Crippen LogP contribution in [-0.2, 0) is 14.3 Å². The van der Waals surface area contributed by atoms with Gasteiger partial charge in [0.15, 0.2) is 6.23 Å². The molecular weight excluding hydrogens is 618 g/mol. The molecule has 4 rings (SSSR count). The lowest BCUT2D eigenvalue weighted by Crippen LogP contribution is -2.56. The van der Waals surface area contributed by atoms with Crippen molar-refractivity contribution in [3.8, 4) is 0 Å². The molecule has 48 heavy (non-hydrogen) atoms. The van der Waals surface area contributed by atoms with E-state index < -0.39 is 59.3 Å². The quantitative estimate of drug-likeness (QED) is 0.292. The third-order valence-electron chi connectivity index (χ3n) is 7.44. The van der Waals surface area contributed by atoms with Crippen LogP contribution in [0.4, 0.5) is 10.5 Å². The van der Waals surface area contributed by atoms with Gasteiger partial charge in [0, 0.05) is 17.8 Å². The predicted octanol–water partition coefficient (Wildman–Crippen LogP) is 4.09. The van der Waals surface area contributed by atoms with Crippen LogP contribution in [0.3, 0.4) is 0 Å². The van der Waals surface area contributed by atoms with Crippen molar-refractivity contribution in [3.63, 3.8) is 0 Å². The molecule has 2 heterocycles. The van der Waals surface area contributed by atoms with E-state index in [0.29, 0.717) is 5.56 Å². The average Bonchev–Trinajstić information content (AvgIpc) is 3.53. The highest BCUT2D eigenvalue weighted by atomic mass is 16.6. The number of esters is 1. The Bertz CT molecular complexity index is 1610. The molecule has 4 N–H and O–H groups in total. The highest BCUT2D eigenvalue weighted by Gasteiger charge is 2.56. The molecule has 2 aliphatic rings. The number of rotatable bonds is 7. The molecule has 13 nitrogen and oxygen atoms in total. The lowest BCUT2D eigenvalue weighted by Gasteiger charge is -2.34. The molecular formula is C35H45N5O8. The third kappa shape index (κ3) is 7.96. The molecule has 2 aromatic carbocycles. The number of hydrazine groups is 1. The molecule has 13 heteroatoms. The number of anilines is 1. The van der Waals surface area contributed by atoms with Gasteiger partial charge >= 0.3 is 12.1 Å². The molecule has 0 radical (unpaired) electrons. The van der Waals surface area contributed by atoms with Crippen molar-refractivity contribution in [2.75, 3.05) is 12.3 Å². The lowest BCUT2D eigenvalue weighted by molar-refractivity contribution is -0.152. The van der Waals surface area contributed by atoms with E-state index in [4.69, 9.17) is 15.2 Å². The highest BCUT2D eigenvalue weighted by molar-refractivity contribution is 6.03. The van der Waals surface area contributed by atoms with Crippen LogP contribution in [0.15, 0.2) is 60.3 Å². The van der Waals surface area contributed by atoms with Crippen LogP contribution in [-0.4, -0.2) is 85.9 Å². The van der Waals surface area contributed by atoms with Crippen LogP contribution in [0.5, 0.6) is 0 Å². The molecule has 1 fully saturated rings. The number of hydrogen-bond donors (Lipinski definition) is 3. The van der Waals surface area contributed by atoms with Crippen LogP contribution < -0.4 is 11.1 Å². The Hall–Kier alpha value is -4.91. The summed E-state index contributed by atoms with van der Waals surface area (Å²) in [5.41, 5.74) is 5.21. The monoisotopic (exact) mass is 663 g/mol. The van der Waals surface area contributed by atoms with Gasteiger partial charge in [-0.05, 0) is 90.3 Å². The first-order chi connectivity index (χ1) is 22.3. The second kappa shape index (κ2) is 13.7. The average molecular weight is 664 g/mol. The zero-order chi connectivity index (χ0) is 35.7. The minimum Gasteiger partial charge on any atom is -0.456 e. The Morgan fingerprint density at radius 3 is 2.12 bits per heavy atom. The van der Waals surface area contributed by atoms with Gasteiger partial charge in [0.05, 0.1) is 16.8 Å². The first-order valence-corrected chi connectivity index (χ1v) is 15.8. The highest BCUT2D eigenvalue weighted by Crippen LogP contribution is 2.38. The van der Waals surface area contributed by atoms with Crippen LogP contribution in [0.2, 0.25) is 0 Å². The molecule has 4 amide bonds. The van der Waals surface area contributed by atoms with Crippen molar-refractivity contribution in [2.24, 2.45) is 5.92 Å². The van der Waals surface area contributed by atoms with E-state index in [1.807, 2.05) is 13.8 Å². The van der Waals surface area contributed by atoms with Crippen LogP contribution in [0, 0.1) is 5.92 Å². The van der Waals surface area contributed by atoms with Gasteiger partial charge in [0.2, 0.25) is 0 Å². The number of nitrogens with one attached hydrogen (secondary N) is 1. The number of fused-ring (bicyclic) bond motifs is 1. The minimum atomic E-state index is -1.67. The molecule has 1 unspecified atom stereocenters. The van der Waals surface area contributed by atoms with Crippen molar-refractivity contribution >= 4 is 35.5 Å². The van der Waals surface area contributed by atoms with E-state index >= 15 is 0 Å². The third-order valence-corrected chi connectivity index (χ3v) is 7.44. The molecule has 1 saturated heterocycles. The molecule has 2 aliphatic heterocycles. The summed E-state index contributed by atoms with van der Waals surface area (Å²) < 4.78 is 11.0. The summed E-state index contributed by atoms with van der Waals surface area (Å²) in [5, 5.41) is 16.1. The number of aliphatic hydroxyl groups excluding tert-OH is 1. The Kier molecular flexibility index (Phi) is 10.2. The number of hydrogen-bond acceptors (Lipinski definition) is 9. The number of nitrogen functional groups attached to an aromatic ring is 1. The Labute approximate surface area is 280 Å². The van der Waals surface area contributed by atoms with Crippen LogP contribution in [0.25, 0.3) is 0 Å². The minimum absolute atomic E-state index is 0.00721. The number of carbonyl (C=O) groups excluding carboxylic acids is 5. The van der Waals surface area contributed by atoms with Gasteiger partial charge in [0.1, 0.15) is 23.3 Å². The summed E-state index contributed by atoms with van der Waals surface area (Å²) in [5.74, 6) is -2.53. The van der Waals surface area contributed by atoms with Crippen molar-refractivity contribution in [3.05, 3.63) is 77.0 Å². The number of aliphatic hydroxyl groups is 1. The van der Waals surface area contributed by atoms with Gasteiger partial charge < -0.3 is 30.5 Å². The summed E-state index contributed by atoms with van der Waals surface area (Å²) in [6.45, 7) is 13.9. The van der Waals surface area contributed by atoms with Gasteiger partial charge in [-0.3, -0.25) is 14.4 Å². The van der Waals surface area contributed by atoms with Gasteiger partial charge in [-0.2, -0.15) is 5.01 Å². The molecule has 0 spiro atoms. The molecule has 0 bridgehead atoms. The number of nitrogens with zero attached hydrogens (tertiary/aromatic N) is 3. The zero-order valence-corrected chi connectivity index (χ0v) is 28.6. The predicted molar refractivity (Wildman–Crippen MR) is 177 cm³/mol. The second-order valence-corrected chi connectivity index (χ2v) is 14.2. The largest absolute Gasteiger partial charge is 0.456 e. The Morgan fingerprint density at radius 2 is 1.56 bits per heavy atom. The SMILES string of the molecule is CC(C)C[C@H](NC(=O)c1ccc(C(=O)OC(C)(C)C)cc1N)C(=O)N1C2=CCN(C(=O)c3ccccc3)[C@H]2C(O)N1C(=O)OC(C)(C)C. The van der Waals surface area contributed by atoms with Crippen molar-refractivity contribution < 1.29 is 38.6 Å². The van der Waals surface area contributed by atoms with Crippen LogP contribution in [0.1, 0.15) is 92.9 Å². The molecule has 2 aromatic rings. The Morgan fingerprint density at radius 1 is 0.938 bits per heavy atom. The fourth-order valence-electron chi connectivity index (χ4n) is 5.49. The fraction of sp³-hybridized carbons (Fsp3) is 0.457. The summed E-state index contributed by atoms with van der Waals surface area (Å²) in [6, 6.07) is 10.3. The van der Waals surface area contributed by atoms with E-state index in [2.05, 4.69) is 5.32 Å². The fourth-order valence-corrected chi connectivity index (χ4v) is 5.49. The smallest absolute Gasteiger partial charge is 0.432 e. The first-order valence-electron chi connectivity index (χ1n) is 15.8. The first kappa shape index (κ1) is 35.9. The number of benzene rings is 2. The molecule has 3 atom stereocenters. The number of amides is 4. The van der Waals surface area contributed by atoms with Crippen molar-refractivity contribution in [1.29, 1.82) is 0 Å². The van der Waals surface area contributed by atoms with E-state index in [1.165, 1.54) is 23.1 Å². The van der Waals surface area contributed by atoms with Crippen molar-refractivity contribution in [2.45, 2.75) is 91.3 Å². The van der Waals surface area contributed by atoms with E-state index in [0.717, 1.165) is 10.0 Å². The molecule has 0 aromatic heterocycles. The Balaban J connectivity index is 1.66. The topological polar surface area (TPSA) is 172 Å².